The molecule has 0 bridgehead atoms. The number of allylic oxidation sites excluding steroid dienone is 1. The second-order valence-corrected chi connectivity index (χ2v) is 6.03. The molecule has 0 saturated carbocycles. The molecule has 3 aromatic rings. The highest BCUT2D eigenvalue weighted by molar-refractivity contribution is 5.77. The topological polar surface area (TPSA) is 42.7 Å². The van der Waals surface area contributed by atoms with E-state index in [0.29, 0.717) is 11.3 Å². The summed E-state index contributed by atoms with van der Waals surface area (Å²) in [6.45, 7) is 0. The minimum absolute atomic E-state index is 0.167. The predicted octanol–water partition coefficient (Wildman–Crippen LogP) is 4.77. The summed E-state index contributed by atoms with van der Waals surface area (Å²) in [5.74, 6) is -4.33. The lowest BCUT2D eigenvalue weighted by Gasteiger charge is -2.24. The molecular weight excluding hydrogens is 386 g/mol. The smallest absolute Gasteiger partial charge is 0.324 e. The fraction of sp³-hybridized carbons (Fsp3) is 0.111. The van der Waals surface area contributed by atoms with Gasteiger partial charge in [0.2, 0.25) is 5.95 Å². The van der Waals surface area contributed by atoms with E-state index >= 15 is 0 Å². The number of alkyl halides is 3. The number of nitrogens with zero attached hydrogens (tertiary/aromatic N) is 3. The van der Waals surface area contributed by atoms with Gasteiger partial charge in [-0.15, -0.1) is 5.10 Å². The molecule has 2 aromatic carbocycles. The molecule has 0 aliphatic carbocycles. The first kappa shape index (κ1) is 18.1. The zero-order valence-corrected chi connectivity index (χ0v) is 13.8. The van der Waals surface area contributed by atoms with Crippen molar-refractivity contribution in [3.8, 4) is 0 Å². The molecule has 1 aromatic heterocycles. The molecule has 0 fully saturated rings. The van der Waals surface area contributed by atoms with Gasteiger partial charge in [-0.1, -0.05) is 6.07 Å². The molecule has 0 radical (unpaired) electrons. The Hall–Kier alpha value is -3.30. The van der Waals surface area contributed by atoms with Gasteiger partial charge in [0.15, 0.2) is 11.6 Å². The largest absolute Gasteiger partial charge is 0.453 e. The highest BCUT2D eigenvalue weighted by atomic mass is 19.4. The Morgan fingerprint density at radius 1 is 0.929 bits per heavy atom. The Bertz CT molecular complexity index is 1070. The fourth-order valence-corrected chi connectivity index (χ4v) is 2.84. The van der Waals surface area contributed by atoms with Crippen LogP contribution in [-0.2, 0) is 6.18 Å². The van der Waals surface area contributed by atoms with E-state index in [2.05, 4.69) is 15.4 Å². The summed E-state index contributed by atoms with van der Waals surface area (Å²) >= 11 is 0. The van der Waals surface area contributed by atoms with E-state index < -0.39 is 35.5 Å². The van der Waals surface area contributed by atoms with Crippen LogP contribution in [0, 0.1) is 17.5 Å². The van der Waals surface area contributed by atoms with Gasteiger partial charge in [-0.3, -0.25) is 0 Å². The van der Waals surface area contributed by atoms with Crippen molar-refractivity contribution in [3.63, 3.8) is 0 Å². The molecule has 1 aliphatic rings. The van der Waals surface area contributed by atoms with Crippen LogP contribution >= 0.6 is 0 Å². The minimum atomic E-state index is -4.79. The molecule has 10 heteroatoms. The number of aromatic nitrogens is 3. The summed E-state index contributed by atoms with van der Waals surface area (Å²) < 4.78 is 80.2. The van der Waals surface area contributed by atoms with E-state index in [9.17, 15) is 26.3 Å². The molecule has 1 aliphatic heterocycles. The highest BCUT2D eigenvalue weighted by Gasteiger charge is 2.39. The molecule has 0 unspecified atom stereocenters. The van der Waals surface area contributed by atoms with Crippen LogP contribution in [0.25, 0.3) is 5.70 Å². The lowest BCUT2D eigenvalue weighted by atomic mass is 10.0. The third-order valence-electron chi connectivity index (χ3n) is 4.16. The average molecular weight is 396 g/mol. The average Bonchev–Trinajstić information content (AvgIpc) is 3.08. The van der Waals surface area contributed by atoms with Crippen molar-refractivity contribution < 1.29 is 26.3 Å². The number of fused-ring (bicyclic) bond motifs is 1. The van der Waals surface area contributed by atoms with Gasteiger partial charge in [0, 0.05) is 5.70 Å². The zero-order chi connectivity index (χ0) is 20.1. The van der Waals surface area contributed by atoms with Crippen LogP contribution in [0.4, 0.5) is 32.3 Å². The number of nitrogens with one attached hydrogen (secondary N) is 1. The van der Waals surface area contributed by atoms with Crippen molar-refractivity contribution in [2.24, 2.45) is 0 Å². The molecule has 1 atom stereocenters. The fourth-order valence-electron chi connectivity index (χ4n) is 2.84. The Morgan fingerprint density at radius 2 is 1.64 bits per heavy atom. The Balaban J connectivity index is 1.85. The molecule has 0 saturated heterocycles. The number of hydrogen-bond donors (Lipinski definition) is 1. The number of anilines is 1. The molecule has 144 valence electrons. The van der Waals surface area contributed by atoms with Gasteiger partial charge in [0.05, 0.1) is 0 Å². The van der Waals surface area contributed by atoms with Gasteiger partial charge >= 0.3 is 6.18 Å². The van der Waals surface area contributed by atoms with Gasteiger partial charge < -0.3 is 5.32 Å². The van der Waals surface area contributed by atoms with Crippen molar-refractivity contribution in [2.45, 2.75) is 12.2 Å². The first-order chi connectivity index (χ1) is 13.2. The van der Waals surface area contributed by atoms with E-state index in [1.165, 1.54) is 36.4 Å². The summed E-state index contributed by atoms with van der Waals surface area (Å²) in [4.78, 5) is 3.46. The number of benzene rings is 2. The van der Waals surface area contributed by atoms with Crippen LogP contribution in [0.5, 0.6) is 0 Å². The van der Waals surface area contributed by atoms with Crippen LogP contribution in [0.2, 0.25) is 0 Å². The van der Waals surface area contributed by atoms with E-state index in [0.717, 1.165) is 16.8 Å². The normalized spacial score (nSPS) is 16.4. The zero-order valence-electron chi connectivity index (χ0n) is 13.8. The first-order valence-electron chi connectivity index (χ1n) is 7.96. The standard InChI is InChI=1S/C18H10F6N4/c19-11-4-1-9(2-5-11)14-8-15(10-3-6-12(20)13(21)7-10)28-17(25-14)26-16(27-28)18(22,23)24/h1-8,15H,(H,25,26,27)/t15-/m1/s1. The van der Waals surface area contributed by atoms with Crippen LogP contribution in [0.3, 0.4) is 0 Å². The molecule has 4 nitrogen and oxygen atoms in total. The van der Waals surface area contributed by atoms with Gasteiger partial charge in [0.1, 0.15) is 11.9 Å². The van der Waals surface area contributed by atoms with E-state index in [1.54, 1.807) is 0 Å². The van der Waals surface area contributed by atoms with Gasteiger partial charge in [-0.05, 0) is 53.6 Å². The van der Waals surface area contributed by atoms with E-state index in [-0.39, 0.29) is 11.5 Å². The maximum Gasteiger partial charge on any atom is 0.453 e. The quantitative estimate of drug-likeness (QED) is 0.635. The number of hydrogen-bond acceptors (Lipinski definition) is 3. The summed E-state index contributed by atoms with van der Waals surface area (Å²) in [6, 6.07) is 7.22. The number of halogens is 6. The number of rotatable bonds is 2. The van der Waals surface area contributed by atoms with Crippen molar-refractivity contribution in [1.82, 2.24) is 14.8 Å². The van der Waals surface area contributed by atoms with E-state index in [4.69, 9.17) is 0 Å². The Morgan fingerprint density at radius 3 is 2.29 bits per heavy atom. The lowest BCUT2D eigenvalue weighted by Crippen LogP contribution is -2.20. The van der Waals surface area contributed by atoms with Crippen molar-refractivity contribution in [2.75, 3.05) is 5.32 Å². The minimum Gasteiger partial charge on any atom is -0.324 e. The van der Waals surface area contributed by atoms with Crippen LogP contribution in [-0.4, -0.2) is 14.8 Å². The van der Waals surface area contributed by atoms with Crippen LogP contribution < -0.4 is 5.32 Å². The second-order valence-electron chi connectivity index (χ2n) is 6.03. The van der Waals surface area contributed by atoms with Crippen molar-refractivity contribution >= 4 is 11.6 Å². The summed E-state index contributed by atoms with van der Waals surface area (Å²) in [5.41, 5.74) is 0.958. The van der Waals surface area contributed by atoms with Crippen LogP contribution in [0.15, 0.2) is 48.5 Å². The van der Waals surface area contributed by atoms with Crippen molar-refractivity contribution in [3.05, 3.63) is 82.9 Å². The molecule has 2 heterocycles. The third-order valence-corrected chi connectivity index (χ3v) is 4.16. The molecular formula is C18H10F6N4. The monoisotopic (exact) mass is 396 g/mol. The van der Waals surface area contributed by atoms with Crippen molar-refractivity contribution in [1.29, 1.82) is 0 Å². The summed E-state index contributed by atoms with van der Waals surface area (Å²) in [7, 11) is 0. The maximum atomic E-state index is 13.7. The lowest BCUT2D eigenvalue weighted by molar-refractivity contribution is -0.145. The summed E-state index contributed by atoms with van der Waals surface area (Å²) in [5, 5.41) is 6.18. The molecule has 0 amide bonds. The molecule has 0 spiro atoms. The van der Waals surface area contributed by atoms with Crippen LogP contribution in [0.1, 0.15) is 23.0 Å². The first-order valence-corrected chi connectivity index (χ1v) is 7.96. The molecule has 1 N–H and O–H groups in total. The Labute approximate surface area is 154 Å². The maximum absolute atomic E-state index is 13.7. The second kappa shape index (κ2) is 6.39. The Kier molecular flexibility index (Phi) is 4.13. The van der Waals surface area contributed by atoms with E-state index in [1.807, 2.05) is 0 Å². The third kappa shape index (κ3) is 3.21. The SMILES string of the molecule is Fc1ccc(C2=C[C@H](c3ccc(F)c(F)c3)n3nc(C(F)(F)F)nc3N2)cc1. The highest BCUT2D eigenvalue weighted by Crippen LogP contribution is 2.36. The predicted molar refractivity (Wildman–Crippen MR) is 87.5 cm³/mol. The summed E-state index contributed by atoms with van der Waals surface area (Å²) in [6.07, 6.45) is -3.32. The van der Waals surface area contributed by atoms with Gasteiger partial charge in [-0.2, -0.15) is 18.2 Å². The van der Waals surface area contributed by atoms with Gasteiger partial charge in [-0.25, -0.2) is 17.9 Å². The molecule has 28 heavy (non-hydrogen) atoms. The molecule has 4 rings (SSSR count). The van der Waals surface area contributed by atoms with Gasteiger partial charge in [0.25, 0.3) is 5.82 Å².